The quantitative estimate of drug-likeness (QED) is 0.619. The minimum Gasteiger partial charge on any atom is -0.497 e. The Morgan fingerprint density at radius 2 is 1.46 bits per heavy atom. The van der Waals surface area contributed by atoms with Gasteiger partial charge in [0, 0.05) is 0 Å². The van der Waals surface area contributed by atoms with Gasteiger partial charge >= 0.3 is 0 Å². The minimum atomic E-state index is -1.54. The minimum absolute atomic E-state index is 0.125. The molecule has 0 saturated carbocycles. The molecule has 1 aromatic heterocycles. The lowest BCUT2D eigenvalue weighted by atomic mass is 9.80. The molecule has 0 bridgehead atoms. The zero-order chi connectivity index (χ0) is 18.2. The van der Waals surface area contributed by atoms with Crippen LogP contribution in [0.25, 0.3) is 0 Å². The number of rotatable bonds is 4. The molecule has 24 heavy (non-hydrogen) atoms. The predicted octanol–water partition coefficient (Wildman–Crippen LogP) is 5.88. The van der Waals surface area contributed by atoms with Gasteiger partial charge in [-0.25, -0.2) is 0 Å². The summed E-state index contributed by atoms with van der Waals surface area (Å²) in [5.41, 5.74) is 2.95. The fraction of sp³-hybridized carbons (Fsp3) is 0.524. The van der Waals surface area contributed by atoms with Crippen molar-refractivity contribution in [2.45, 2.75) is 65.5 Å². The van der Waals surface area contributed by atoms with Crippen LogP contribution in [0.2, 0.25) is 13.1 Å². The standard InChI is InChI=1S/C21H32OSSi/c1-20(2,3)16-12-17(21(4,5)6)14-18(13-16)22-15-24(7,8)19-10-9-11-23-19/h9-14H,15H2,1-8H3. The molecule has 0 atom stereocenters. The Hall–Kier alpha value is -1.06. The number of hydrogen-bond acceptors (Lipinski definition) is 2. The van der Waals surface area contributed by atoms with Crippen LogP contribution in [0.5, 0.6) is 5.75 Å². The summed E-state index contributed by atoms with van der Waals surface area (Å²) < 4.78 is 7.84. The predicted molar refractivity (Wildman–Crippen MR) is 111 cm³/mol. The third-order valence-corrected chi connectivity index (χ3v) is 9.49. The number of benzene rings is 1. The van der Waals surface area contributed by atoms with Gasteiger partial charge in [0.15, 0.2) is 0 Å². The summed E-state index contributed by atoms with van der Waals surface area (Å²) in [7, 11) is -1.54. The highest BCUT2D eigenvalue weighted by Crippen LogP contribution is 2.33. The van der Waals surface area contributed by atoms with E-state index in [4.69, 9.17) is 4.74 Å². The number of ether oxygens (including phenoxy) is 1. The molecule has 1 nitrogen and oxygen atoms in total. The molecule has 0 aliphatic carbocycles. The highest BCUT2D eigenvalue weighted by Gasteiger charge is 2.27. The molecule has 132 valence electrons. The van der Waals surface area contributed by atoms with Crippen LogP contribution >= 0.6 is 11.3 Å². The normalized spacial score (nSPS) is 13.2. The van der Waals surface area contributed by atoms with E-state index in [2.05, 4.69) is 90.3 Å². The van der Waals surface area contributed by atoms with Crippen molar-refractivity contribution in [1.29, 1.82) is 0 Å². The fourth-order valence-electron chi connectivity index (χ4n) is 2.55. The van der Waals surface area contributed by atoms with Gasteiger partial charge in [-0.2, -0.15) is 11.3 Å². The Morgan fingerprint density at radius 3 is 1.88 bits per heavy atom. The van der Waals surface area contributed by atoms with Crippen molar-refractivity contribution in [1.82, 2.24) is 0 Å². The lowest BCUT2D eigenvalue weighted by Crippen LogP contribution is -2.45. The molecule has 0 unspecified atom stereocenters. The lowest BCUT2D eigenvalue weighted by molar-refractivity contribution is 0.376. The fourth-order valence-corrected chi connectivity index (χ4v) is 5.88. The van der Waals surface area contributed by atoms with Crippen molar-refractivity contribution in [3.63, 3.8) is 0 Å². The van der Waals surface area contributed by atoms with E-state index in [1.807, 2.05) is 11.3 Å². The third-order valence-electron chi connectivity index (χ3n) is 4.43. The first-order valence-electron chi connectivity index (χ1n) is 8.72. The van der Waals surface area contributed by atoms with Crippen molar-refractivity contribution >= 4 is 23.9 Å². The number of thiophene rings is 1. The maximum Gasteiger partial charge on any atom is 0.136 e. The smallest absolute Gasteiger partial charge is 0.136 e. The largest absolute Gasteiger partial charge is 0.497 e. The van der Waals surface area contributed by atoms with Crippen LogP contribution in [0, 0.1) is 0 Å². The van der Waals surface area contributed by atoms with Gasteiger partial charge in [-0.3, -0.25) is 0 Å². The lowest BCUT2D eigenvalue weighted by Gasteiger charge is -2.27. The van der Waals surface area contributed by atoms with E-state index in [-0.39, 0.29) is 10.8 Å². The second kappa shape index (κ2) is 6.68. The van der Waals surface area contributed by atoms with Crippen LogP contribution in [-0.2, 0) is 10.8 Å². The van der Waals surface area contributed by atoms with Crippen molar-refractivity contribution in [3.8, 4) is 5.75 Å². The topological polar surface area (TPSA) is 9.23 Å². The summed E-state index contributed by atoms with van der Waals surface area (Å²) in [5, 5.41) is 2.17. The summed E-state index contributed by atoms with van der Waals surface area (Å²) in [6, 6.07) is 11.2. The molecule has 0 fully saturated rings. The van der Waals surface area contributed by atoms with E-state index < -0.39 is 8.07 Å². The van der Waals surface area contributed by atoms with Gasteiger partial charge in [0.2, 0.25) is 0 Å². The zero-order valence-electron chi connectivity index (χ0n) is 16.5. The molecule has 0 radical (unpaired) electrons. The molecule has 0 spiro atoms. The molecular formula is C21H32OSSi. The molecule has 0 aliphatic heterocycles. The summed E-state index contributed by atoms with van der Waals surface area (Å²) in [4.78, 5) is 0. The molecule has 0 amide bonds. The molecule has 0 saturated heterocycles. The average Bonchev–Trinajstić information content (AvgIpc) is 2.98. The molecule has 1 heterocycles. The van der Waals surface area contributed by atoms with Crippen molar-refractivity contribution < 1.29 is 4.74 Å². The maximum atomic E-state index is 6.33. The van der Waals surface area contributed by atoms with Gasteiger partial charge in [-0.15, -0.1) is 0 Å². The molecule has 2 rings (SSSR count). The van der Waals surface area contributed by atoms with Gasteiger partial charge in [-0.05, 0) is 44.0 Å². The Morgan fingerprint density at radius 1 is 0.917 bits per heavy atom. The molecule has 0 aliphatic rings. The first-order chi connectivity index (χ1) is 10.9. The van der Waals surface area contributed by atoms with E-state index >= 15 is 0 Å². The first kappa shape index (κ1) is 19.3. The summed E-state index contributed by atoms with van der Waals surface area (Å²) in [6.07, 6.45) is 0.824. The van der Waals surface area contributed by atoms with Crippen molar-refractivity contribution in [2.75, 3.05) is 6.23 Å². The van der Waals surface area contributed by atoms with Crippen LogP contribution in [0.15, 0.2) is 35.7 Å². The van der Waals surface area contributed by atoms with Gasteiger partial charge in [0.25, 0.3) is 0 Å². The maximum absolute atomic E-state index is 6.33. The second-order valence-electron chi connectivity index (χ2n) is 9.40. The molecule has 2 aromatic rings. The Balaban J connectivity index is 2.29. The van der Waals surface area contributed by atoms with Crippen LogP contribution < -0.4 is 9.24 Å². The van der Waals surface area contributed by atoms with Gasteiger partial charge in [-0.1, -0.05) is 72.8 Å². The average molecular weight is 361 g/mol. The first-order valence-corrected chi connectivity index (χ1v) is 12.8. The molecular weight excluding hydrogens is 328 g/mol. The van der Waals surface area contributed by atoms with Gasteiger partial charge in [0.1, 0.15) is 13.8 Å². The zero-order valence-corrected chi connectivity index (χ0v) is 18.3. The van der Waals surface area contributed by atoms with Crippen molar-refractivity contribution in [3.05, 3.63) is 46.8 Å². The van der Waals surface area contributed by atoms with Crippen LogP contribution in [0.3, 0.4) is 0 Å². The van der Waals surface area contributed by atoms with E-state index in [9.17, 15) is 0 Å². The molecule has 1 aromatic carbocycles. The van der Waals surface area contributed by atoms with E-state index in [0.717, 1.165) is 12.0 Å². The Labute approximate surface area is 153 Å². The van der Waals surface area contributed by atoms with Gasteiger partial charge < -0.3 is 4.74 Å². The van der Waals surface area contributed by atoms with Gasteiger partial charge in [0.05, 0.1) is 6.23 Å². The summed E-state index contributed by atoms with van der Waals surface area (Å²) in [6.45, 7) is 18.4. The Kier molecular flexibility index (Phi) is 5.36. The highest BCUT2D eigenvalue weighted by molar-refractivity contribution is 7.25. The van der Waals surface area contributed by atoms with E-state index in [0.29, 0.717) is 0 Å². The van der Waals surface area contributed by atoms with E-state index in [1.165, 1.54) is 15.6 Å². The third kappa shape index (κ3) is 4.73. The van der Waals surface area contributed by atoms with Crippen LogP contribution in [-0.4, -0.2) is 14.3 Å². The van der Waals surface area contributed by atoms with E-state index in [1.54, 1.807) is 0 Å². The van der Waals surface area contributed by atoms with Crippen LogP contribution in [0.4, 0.5) is 0 Å². The summed E-state index contributed by atoms with van der Waals surface area (Å²) >= 11 is 1.86. The second-order valence-corrected chi connectivity index (χ2v) is 15.3. The number of hydrogen-bond donors (Lipinski definition) is 0. The summed E-state index contributed by atoms with van der Waals surface area (Å²) in [5.74, 6) is 1.02. The van der Waals surface area contributed by atoms with Crippen molar-refractivity contribution in [2.24, 2.45) is 0 Å². The van der Waals surface area contributed by atoms with Crippen LogP contribution in [0.1, 0.15) is 52.7 Å². The molecule has 0 N–H and O–H groups in total. The highest BCUT2D eigenvalue weighted by atomic mass is 32.1. The monoisotopic (exact) mass is 360 g/mol. The SMILES string of the molecule is CC(C)(C)c1cc(OC[Si](C)(C)c2cccs2)cc(C(C)(C)C)c1. The molecule has 3 heteroatoms. The Bertz CT molecular complexity index is 641.